The molecule has 0 aliphatic heterocycles. The smallest absolute Gasteiger partial charge is 0.272 e. The van der Waals surface area contributed by atoms with Crippen LogP contribution in [-0.4, -0.2) is 31.9 Å². The van der Waals surface area contributed by atoms with Gasteiger partial charge in [0.15, 0.2) is 11.5 Å². The van der Waals surface area contributed by atoms with Crippen LogP contribution in [0.25, 0.3) is 6.08 Å². The quantitative estimate of drug-likeness (QED) is 0.0882. The first-order valence-corrected chi connectivity index (χ1v) is 16.6. The van der Waals surface area contributed by atoms with Gasteiger partial charge in [0.1, 0.15) is 10.9 Å². The van der Waals surface area contributed by atoms with Crippen molar-refractivity contribution < 1.29 is 23.9 Å². The van der Waals surface area contributed by atoms with Gasteiger partial charge in [0, 0.05) is 31.9 Å². The number of hydrogen-bond acceptors (Lipinski definition) is 6. The van der Waals surface area contributed by atoms with Crippen molar-refractivity contribution in [3.05, 3.63) is 154 Å². The SMILES string of the molecule is COc1ccc(/C=C(\NC(=O)c2ccccc2)C(=O)Nc2ccc(SC(C(=O)Nc3cc(Cl)cc(Cl)c3)c3ccccc3)cc2)cc1OC. The largest absolute Gasteiger partial charge is 0.493 e. The van der Waals surface area contributed by atoms with Crippen molar-refractivity contribution in [2.45, 2.75) is 10.1 Å². The minimum Gasteiger partial charge on any atom is -0.493 e. The zero-order valence-corrected chi connectivity index (χ0v) is 28.7. The monoisotopic (exact) mass is 711 g/mol. The third-order valence-corrected chi connectivity index (χ3v) is 8.79. The van der Waals surface area contributed by atoms with Gasteiger partial charge < -0.3 is 25.4 Å². The first-order chi connectivity index (χ1) is 23.7. The third kappa shape index (κ3) is 9.67. The number of nitrogens with one attached hydrogen (secondary N) is 3. The zero-order valence-electron chi connectivity index (χ0n) is 26.4. The lowest BCUT2D eigenvalue weighted by Gasteiger charge is -2.18. The molecule has 0 saturated carbocycles. The number of carbonyl (C=O) groups excluding carboxylic acids is 3. The average Bonchev–Trinajstić information content (AvgIpc) is 3.11. The number of benzene rings is 5. The number of amides is 3. The molecule has 0 heterocycles. The van der Waals surface area contributed by atoms with E-state index in [9.17, 15) is 14.4 Å². The molecule has 49 heavy (non-hydrogen) atoms. The molecule has 0 spiro atoms. The first kappa shape index (κ1) is 35.1. The lowest BCUT2D eigenvalue weighted by atomic mass is 10.1. The number of thioether (sulfide) groups is 1. The van der Waals surface area contributed by atoms with Gasteiger partial charge in [-0.15, -0.1) is 11.8 Å². The third-order valence-electron chi connectivity index (χ3n) is 7.08. The number of anilines is 2. The predicted molar refractivity (Wildman–Crippen MR) is 197 cm³/mol. The Labute approximate surface area is 298 Å². The molecule has 3 amide bonds. The summed E-state index contributed by atoms with van der Waals surface area (Å²) < 4.78 is 10.7. The van der Waals surface area contributed by atoms with Gasteiger partial charge in [-0.1, -0.05) is 77.8 Å². The van der Waals surface area contributed by atoms with E-state index in [1.807, 2.05) is 30.3 Å². The molecular weight excluding hydrogens is 681 g/mol. The summed E-state index contributed by atoms with van der Waals surface area (Å²) in [7, 11) is 3.05. The van der Waals surface area contributed by atoms with Gasteiger partial charge in [-0.3, -0.25) is 14.4 Å². The highest BCUT2D eigenvalue weighted by Crippen LogP contribution is 2.37. The Kier molecular flexibility index (Phi) is 12.0. The van der Waals surface area contributed by atoms with Gasteiger partial charge in [0.05, 0.1) is 14.2 Å². The molecular formula is C38H31Cl2N3O5S. The highest BCUT2D eigenvalue weighted by Gasteiger charge is 2.23. The summed E-state index contributed by atoms with van der Waals surface area (Å²) in [6.45, 7) is 0. The molecule has 0 aromatic heterocycles. The van der Waals surface area contributed by atoms with E-state index in [0.29, 0.717) is 44.0 Å². The van der Waals surface area contributed by atoms with Crippen LogP contribution in [0, 0.1) is 0 Å². The summed E-state index contributed by atoms with van der Waals surface area (Å²) in [5.41, 5.74) is 2.78. The zero-order chi connectivity index (χ0) is 34.8. The highest BCUT2D eigenvalue weighted by molar-refractivity contribution is 8.00. The second kappa shape index (κ2) is 16.7. The number of methoxy groups -OCH3 is 2. The number of halogens is 2. The van der Waals surface area contributed by atoms with Gasteiger partial charge in [-0.25, -0.2) is 0 Å². The molecule has 1 unspecified atom stereocenters. The molecule has 8 nitrogen and oxygen atoms in total. The van der Waals surface area contributed by atoms with E-state index >= 15 is 0 Å². The Morgan fingerprint density at radius 1 is 0.694 bits per heavy atom. The van der Waals surface area contributed by atoms with Gasteiger partial charge in [0.25, 0.3) is 11.8 Å². The maximum absolute atomic E-state index is 13.6. The van der Waals surface area contributed by atoms with Gasteiger partial charge in [0.2, 0.25) is 5.91 Å². The van der Waals surface area contributed by atoms with E-state index in [1.165, 1.54) is 26.0 Å². The predicted octanol–water partition coefficient (Wildman–Crippen LogP) is 8.89. The summed E-state index contributed by atoms with van der Waals surface area (Å²) >= 11 is 13.6. The normalized spacial score (nSPS) is 11.6. The van der Waals surface area contributed by atoms with Crippen molar-refractivity contribution in [1.29, 1.82) is 0 Å². The maximum Gasteiger partial charge on any atom is 0.272 e. The molecule has 5 aromatic carbocycles. The van der Waals surface area contributed by atoms with E-state index in [2.05, 4.69) is 16.0 Å². The van der Waals surface area contributed by atoms with Crippen LogP contribution < -0.4 is 25.4 Å². The van der Waals surface area contributed by atoms with Crippen molar-refractivity contribution in [3.63, 3.8) is 0 Å². The van der Waals surface area contributed by atoms with E-state index in [0.717, 1.165) is 10.5 Å². The molecule has 5 aromatic rings. The van der Waals surface area contributed by atoms with Crippen LogP contribution in [0.15, 0.2) is 132 Å². The van der Waals surface area contributed by atoms with E-state index in [-0.39, 0.29) is 11.6 Å². The van der Waals surface area contributed by atoms with E-state index in [1.54, 1.807) is 97.1 Å². The van der Waals surface area contributed by atoms with Crippen LogP contribution in [0.5, 0.6) is 11.5 Å². The van der Waals surface area contributed by atoms with E-state index in [4.69, 9.17) is 32.7 Å². The van der Waals surface area contributed by atoms with Gasteiger partial charge >= 0.3 is 0 Å². The standard InChI is InChI=1S/C38H31Cl2N3O5S/c1-47-33-18-13-24(20-34(33)48-2)19-32(43-36(44)26-11-7-4-8-12-26)37(45)41-29-14-16-31(17-15-29)49-35(25-9-5-3-6-10-25)38(46)42-30-22-27(39)21-28(40)23-30/h3-23,35H,1-2H3,(H,41,45)(H,42,46)(H,43,44)/b32-19-. The Hall–Kier alpha value is -5.22. The molecule has 0 aliphatic carbocycles. The fraction of sp³-hybridized carbons (Fsp3) is 0.0789. The molecule has 3 N–H and O–H groups in total. The molecule has 248 valence electrons. The lowest BCUT2D eigenvalue weighted by Crippen LogP contribution is -2.30. The number of hydrogen-bond donors (Lipinski definition) is 3. The lowest BCUT2D eigenvalue weighted by molar-refractivity contribution is -0.116. The van der Waals surface area contributed by atoms with Crippen molar-refractivity contribution in [1.82, 2.24) is 5.32 Å². The van der Waals surface area contributed by atoms with Crippen LogP contribution in [-0.2, 0) is 9.59 Å². The number of rotatable bonds is 12. The van der Waals surface area contributed by atoms with Crippen LogP contribution in [0.1, 0.15) is 26.7 Å². The molecule has 11 heteroatoms. The molecule has 0 saturated heterocycles. The molecule has 0 radical (unpaired) electrons. The topological polar surface area (TPSA) is 106 Å². The minimum atomic E-state index is -0.608. The van der Waals surface area contributed by atoms with Gasteiger partial charge in [-0.05, 0) is 83.9 Å². The second-order valence-corrected chi connectivity index (χ2v) is 12.6. The summed E-state index contributed by atoms with van der Waals surface area (Å²) in [6, 6.07) is 35.1. The Balaban J connectivity index is 1.35. The summed E-state index contributed by atoms with van der Waals surface area (Å²) in [5, 5.41) is 8.71. The van der Waals surface area contributed by atoms with Crippen molar-refractivity contribution >= 4 is 70.1 Å². The van der Waals surface area contributed by atoms with Crippen molar-refractivity contribution in [2.75, 3.05) is 24.9 Å². The number of ether oxygens (including phenoxy) is 2. The van der Waals surface area contributed by atoms with Crippen molar-refractivity contribution in [3.8, 4) is 11.5 Å². The minimum absolute atomic E-state index is 0.0152. The fourth-order valence-electron chi connectivity index (χ4n) is 4.74. The maximum atomic E-state index is 13.6. The van der Waals surface area contributed by atoms with Crippen LogP contribution in [0.2, 0.25) is 10.0 Å². The van der Waals surface area contributed by atoms with Crippen molar-refractivity contribution in [2.24, 2.45) is 0 Å². The number of carbonyl (C=O) groups is 3. The molecule has 1 atom stereocenters. The van der Waals surface area contributed by atoms with Crippen LogP contribution >= 0.6 is 35.0 Å². The Bertz CT molecular complexity index is 1950. The highest BCUT2D eigenvalue weighted by atomic mass is 35.5. The summed E-state index contributed by atoms with van der Waals surface area (Å²) in [6.07, 6.45) is 1.55. The Morgan fingerprint density at radius 3 is 1.96 bits per heavy atom. The van der Waals surface area contributed by atoms with Crippen LogP contribution in [0.3, 0.4) is 0 Å². The first-order valence-electron chi connectivity index (χ1n) is 14.9. The summed E-state index contributed by atoms with van der Waals surface area (Å²) in [4.78, 5) is 41.0. The van der Waals surface area contributed by atoms with E-state index < -0.39 is 17.1 Å². The molecule has 0 fully saturated rings. The molecule has 5 rings (SSSR count). The fourth-order valence-corrected chi connectivity index (χ4v) is 6.29. The molecule has 0 aliphatic rings. The average molecular weight is 713 g/mol. The van der Waals surface area contributed by atoms with Crippen LogP contribution in [0.4, 0.5) is 11.4 Å². The molecule has 0 bridgehead atoms. The second-order valence-electron chi connectivity index (χ2n) is 10.5. The summed E-state index contributed by atoms with van der Waals surface area (Å²) in [5.74, 6) is -0.248. The van der Waals surface area contributed by atoms with Gasteiger partial charge in [-0.2, -0.15) is 0 Å². The Morgan fingerprint density at radius 2 is 1.33 bits per heavy atom.